The van der Waals surface area contributed by atoms with E-state index in [9.17, 15) is 30.4 Å². The fourth-order valence-electron chi connectivity index (χ4n) is 3.27. The maximum Gasteiger partial charge on any atom is 0.301 e. The quantitative estimate of drug-likeness (QED) is 0.497. The average molecular weight is 406 g/mol. The smallest absolute Gasteiger partial charge is 0.301 e. The molecule has 4 rings (SSSR count). The van der Waals surface area contributed by atoms with Crippen LogP contribution in [0.15, 0.2) is 65.8 Å². The van der Waals surface area contributed by atoms with Crippen LogP contribution in [0.2, 0.25) is 0 Å². The number of anilines is 1. The average Bonchev–Trinajstić information content (AvgIpc) is 2.72. The first-order valence-electron chi connectivity index (χ1n) is 8.74. The Hall–Kier alpha value is -4.47. The number of hydrazone groups is 1. The summed E-state index contributed by atoms with van der Waals surface area (Å²) in [5.74, 6) is 0.0998. The highest BCUT2D eigenvalue weighted by molar-refractivity contribution is 6.15. The predicted molar refractivity (Wildman–Crippen MR) is 108 cm³/mol. The molecule has 0 saturated heterocycles. The van der Waals surface area contributed by atoms with Gasteiger partial charge in [0.1, 0.15) is 17.2 Å². The highest BCUT2D eigenvalue weighted by Crippen LogP contribution is 2.36. The molecule has 0 unspecified atom stereocenters. The number of rotatable bonds is 4. The van der Waals surface area contributed by atoms with Gasteiger partial charge in [-0.2, -0.15) is 5.10 Å². The van der Waals surface area contributed by atoms with Crippen molar-refractivity contribution in [1.82, 2.24) is 0 Å². The van der Waals surface area contributed by atoms with Gasteiger partial charge in [0.05, 0.1) is 28.2 Å². The van der Waals surface area contributed by atoms with Gasteiger partial charge in [0.15, 0.2) is 0 Å². The molecular weight excluding hydrogens is 392 g/mol. The molecule has 1 heterocycles. The minimum Gasteiger partial charge on any atom is -0.508 e. The molecule has 10 nitrogen and oxygen atoms in total. The van der Waals surface area contributed by atoms with E-state index in [1.54, 1.807) is 18.2 Å². The lowest BCUT2D eigenvalue weighted by molar-refractivity contribution is -0.393. The van der Waals surface area contributed by atoms with E-state index in [0.717, 1.165) is 11.6 Å². The van der Waals surface area contributed by atoms with E-state index >= 15 is 0 Å². The molecule has 0 spiro atoms. The lowest BCUT2D eigenvalue weighted by Crippen LogP contribution is -2.27. The Morgan fingerprint density at radius 2 is 1.57 bits per heavy atom. The molecule has 1 aliphatic rings. The molecule has 0 radical (unpaired) electrons. The second-order valence-electron chi connectivity index (χ2n) is 6.58. The fourth-order valence-corrected chi connectivity index (χ4v) is 3.27. The molecule has 0 aliphatic carbocycles. The van der Waals surface area contributed by atoms with Crippen LogP contribution in [-0.4, -0.2) is 25.8 Å². The van der Waals surface area contributed by atoms with Crippen molar-refractivity contribution in [3.8, 4) is 11.5 Å². The summed E-state index contributed by atoms with van der Waals surface area (Å²) in [6, 6.07) is 14.4. The third kappa shape index (κ3) is 3.37. The first-order valence-corrected chi connectivity index (χ1v) is 8.74. The number of aromatic hydroxyl groups is 2. The Kier molecular flexibility index (Phi) is 4.51. The number of benzene rings is 3. The number of phenolic OH excluding ortho intramolecular Hbond substituents is 2. The van der Waals surface area contributed by atoms with Crippen molar-refractivity contribution in [3.63, 3.8) is 0 Å². The molecule has 0 aromatic heterocycles. The van der Waals surface area contributed by atoms with Crippen LogP contribution >= 0.6 is 0 Å². The van der Waals surface area contributed by atoms with E-state index in [2.05, 4.69) is 5.10 Å². The van der Waals surface area contributed by atoms with Gasteiger partial charge >= 0.3 is 5.69 Å². The van der Waals surface area contributed by atoms with Crippen molar-refractivity contribution in [1.29, 1.82) is 0 Å². The summed E-state index contributed by atoms with van der Waals surface area (Å²) in [7, 11) is 0. The van der Waals surface area contributed by atoms with Crippen molar-refractivity contribution in [2.75, 3.05) is 5.01 Å². The number of nitrogens with zero attached hydrogens (tertiary/aromatic N) is 4. The SMILES string of the molecule is O=[N+]([O-])c1ccc(N2Cc3cc(O)ccc3C(c3ccc(O)cc3)=N2)c([N+](=O)[O-])c1. The zero-order valence-electron chi connectivity index (χ0n) is 15.3. The predicted octanol–water partition coefficient (Wildman–Crippen LogP) is 3.69. The largest absolute Gasteiger partial charge is 0.508 e. The second-order valence-corrected chi connectivity index (χ2v) is 6.58. The molecule has 0 fully saturated rings. The summed E-state index contributed by atoms with van der Waals surface area (Å²) < 4.78 is 0. The van der Waals surface area contributed by atoms with Gasteiger partial charge in [0.2, 0.25) is 0 Å². The van der Waals surface area contributed by atoms with Crippen LogP contribution in [0.4, 0.5) is 17.1 Å². The molecule has 0 saturated carbocycles. The summed E-state index contributed by atoms with van der Waals surface area (Å²) in [6.07, 6.45) is 0. The lowest BCUT2D eigenvalue weighted by Gasteiger charge is -2.27. The second kappa shape index (κ2) is 7.17. The van der Waals surface area contributed by atoms with Crippen molar-refractivity contribution in [3.05, 3.63) is 97.6 Å². The zero-order valence-corrected chi connectivity index (χ0v) is 15.3. The first kappa shape index (κ1) is 18.9. The highest BCUT2D eigenvalue weighted by Gasteiger charge is 2.28. The van der Waals surface area contributed by atoms with Crippen LogP contribution in [-0.2, 0) is 6.54 Å². The number of hydrogen-bond acceptors (Lipinski definition) is 8. The minimum absolute atomic E-state index is 0.0267. The number of hydrogen-bond donors (Lipinski definition) is 2. The molecule has 2 N–H and O–H groups in total. The fraction of sp³-hybridized carbons (Fsp3) is 0.0500. The molecule has 1 aliphatic heterocycles. The molecule has 3 aromatic rings. The Balaban J connectivity index is 1.89. The van der Waals surface area contributed by atoms with E-state index in [0.29, 0.717) is 16.8 Å². The van der Waals surface area contributed by atoms with Gasteiger partial charge in [-0.1, -0.05) is 0 Å². The molecule has 10 heteroatoms. The van der Waals surface area contributed by atoms with Gasteiger partial charge in [-0.15, -0.1) is 0 Å². The number of nitro groups is 2. The third-order valence-electron chi connectivity index (χ3n) is 4.67. The highest BCUT2D eigenvalue weighted by atomic mass is 16.6. The standard InChI is InChI=1S/C20H14N4O6/c25-15-4-1-12(2-5-15)20-17-7-6-16(26)9-13(17)11-22(21-20)18-8-3-14(23(27)28)10-19(18)24(29)30/h1-10,25-26H,11H2. The van der Waals surface area contributed by atoms with Crippen LogP contribution in [0.1, 0.15) is 16.7 Å². The zero-order chi connectivity index (χ0) is 21.4. The molecule has 0 bridgehead atoms. The van der Waals surface area contributed by atoms with E-state index in [1.165, 1.54) is 41.4 Å². The molecule has 0 atom stereocenters. The van der Waals surface area contributed by atoms with E-state index in [-0.39, 0.29) is 23.7 Å². The normalized spacial score (nSPS) is 12.8. The summed E-state index contributed by atoms with van der Waals surface area (Å²) in [5.41, 5.74) is 1.73. The minimum atomic E-state index is -0.703. The summed E-state index contributed by atoms with van der Waals surface area (Å²) >= 11 is 0. The van der Waals surface area contributed by atoms with Crippen LogP contribution in [0, 0.1) is 20.2 Å². The molecule has 3 aromatic carbocycles. The Morgan fingerprint density at radius 3 is 2.23 bits per heavy atom. The number of non-ortho nitro benzene ring substituents is 1. The van der Waals surface area contributed by atoms with E-state index in [1.807, 2.05) is 0 Å². The monoisotopic (exact) mass is 406 g/mol. The van der Waals surface area contributed by atoms with Crippen molar-refractivity contribution in [2.45, 2.75) is 6.54 Å². The molecule has 0 amide bonds. The molecular formula is C20H14N4O6. The summed E-state index contributed by atoms with van der Waals surface area (Å²) in [6.45, 7) is 0.115. The number of nitro benzene ring substituents is 2. The Morgan fingerprint density at radius 1 is 0.867 bits per heavy atom. The third-order valence-corrected chi connectivity index (χ3v) is 4.67. The molecule has 150 valence electrons. The Bertz CT molecular complexity index is 1210. The van der Waals surface area contributed by atoms with Gasteiger partial charge in [-0.05, 0) is 54.1 Å². The Labute approximate surface area is 169 Å². The maximum absolute atomic E-state index is 11.6. The number of phenols is 2. The van der Waals surface area contributed by atoms with Crippen molar-refractivity contribution in [2.24, 2.45) is 5.10 Å². The maximum atomic E-state index is 11.6. The van der Waals surface area contributed by atoms with E-state index in [4.69, 9.17) is 0 Å². The van der Waals surface area contributed by atoms with Crippen molar-refractivity contribution >= 4 is 22.8 Å². The van der Waals surface area contributed by atoms with Gasteiger partial charge in [0.25, 0.3) is 5.69 Å². The van der Waals surface area contributed by atoms with Gasteiger partial charge < -0.3 is 10.2 Å². The lowest BCUT2D eigenvalue weighted by atomic mass is 9.95. The topological polar surface area (TPSA) is 142 Å². The number of fused-ring (bicyclic) bond motifs is 1. The van der Waals surface area contributed by atoms with Crippen molar-refractivity contribution < 1.29 is 20.1 Å². The van der Waals surface area contributed by atoms with Crippen LogP contribution in [0.5, 0.6) is 11.5 Å². The van der Waals surface area contributed by atoms with E-state index < -0.39 is 21.2 Å². The first-order chi connectivity index (χ1) is 14.3. The summed E-state index contributed by atoms with van der Waals surface area (Å²) in [4.78, 5) is 21.2. The van der Waals surface area contributed by atoms with Gasteiger partial charge in [-0.25, -0.2) is 0 Å². The van der Waals surface area contributed by atoms with Crippen LogP contribution < -0.4 is 5.01 Å². The summed E-state index contributed by atoms with van der Waals surface area (Å²) in [5, 5.41) is 48.0. The van der Waals surface area contributed by atoms with Crippen LogP contribution in [0.3, 0.4) is 0 Å². The van der Waals surface area contributed by atoms with Gasteiger partial charge in [0, 0.05) is 17.2 Å². The van der Waals surface area contributed by atoms with Gasteiger partial charge in [-0.3, -0.25) is 25.2 Å². The molecule has 30 heavy (non-hydrogen) atoms. The van der Waals surface area contributed by atoms with Crippen LogP contribution in [0.25, 0.3) is 0 Å².